The van der Waals surface area contributed by atoms with Gasteiger partial charge in [-0.05, 0) is 68.1 Å². The monoisotopic (exact) mass is 415 g/mol. The Morgan fingerprint density at radius 2 is 1.80 bits per heavy atom. The van der Waals surface area contributed by atoms with Crippen LogP contribution in [-0.2, 0) is 11.2 Å². The lowest BCUT2D eigenvalue weighted by atomic mass is 9.89. The molecule has 2 atom stereocenters. The van der Waals surface area contributed by atoms with Crippen molar-refractivity contribution >= 4 is 5.97 Å². The Balaban J connectivity index is 1.97. The first-order valence-electron chi connectivity index (χ1n) is 10.2. The van der Waals surface area contributed by atoms with Crippen molar-refractivity contribution in [1.29, 1.82) is 0 Å². The topological polar surface area (TPSA) is 86.3 Å². The number of hydrogen-bond donors (Lipinski definition) is 2. The number of nitrogens with one attached hydrogen (secondary N) is 1. The maximum atomic E-state index is 11.1. The summed E-state index contributed by atoms with van der Waals surface area (Å²) < 4.78 is 22.6. The summed E-state index contributed by atoms with van der Waals surface area (Å²) in [4.78, 5) is 11.1. The summed E-state index contributed by atoms with van der Waals surface area (Å²) in [5, 5.41) is 12.7. The first-order valence-corrected chi connectivity index (χ1v) is 10.2. The van der Waals surface area contributed by atoms with Gasteiger partial charge in [-0.25, -0.2) is 4.79 Å². The van der Waals surface area contributed by atoms with Gasteiger partial charge in [0.25, 0.3) is 0 Å². The van der Waals surface area contributed by atoms with Crippen molar-refractivity contribution in [2.75, 3.05) is 26.9 Å². The molecule has 0 amide bonds. The van der Waals surface area contributed by atoms with Gasteiger partial charge in [0.05, 0.1) is 26.4 Å². The van der Waals surface area contributed by atoms with Crippen LogP contribution in [0.1, 0.15) is 43.5 Å². The van der Waals surface area contributed by atoms with Gasteiger partial charge in [0.1, 0.15) is 0 Å². The predicted molar refractivity (Wildman–Crippen MR) is 113 cm³/mol. The fraction of sp³-hybridized carbons (Fsp3) is 0.435. The van der Waals surface area contributed by atoms with Crippen molar-refractivity contribution in [1.82, 2.24) is 5.32 Å². The van der Waals surface area contributed by atoms with E-state index in [4.69, 9.17) is 24.1 Å². The Morgan fingerprint density at radius 1 is 1.10 bits per heavy atom. The van der Waals surface area contributed by atoms with E-state index in [-0.39, 0.29) is 6.04 Å². The van der Waals surface area contributed by atoms with Crippen molar-refractivity contribution in [3.8, 4) is 23.0 Å². The molecule has 0 spiro atoms. The summed E-state index contributed by atoms with van der Waals surface area (Å²) in [6.45, 7) is 7.35. The number of fused-ring (bicyclic) bond motifs is 1. The quantitative estimate of drug-likeness (QED) is 0.647. The second-order valence-electron chi connectivity index (χ2n) is 7.01. The predicted octanol–water partition coefficient (Wildman–Crippen LogP) is 3.58. The molecule has 0 fully saturated rings. The molecule has 2 aromatic carbocycles. The number of rotatable bonds is 9. The molecule has 0 aromatic heterocycles. The highest BCUT2D eigenvalue weighted by molar-refractivity contribution is 5.72. The minimum atomic E-state index is -1.03. The summed E-state index contributed by atoms with van der Waals surface area (Å²) in [6, 6.07) is 9.62. The third-order valence-corrected chi connectivity index (χ3v) is 5.03. The third-order valence-electron chi connectivity index (χ3n) is 5.03. The van der Waals surface area contributed by atoms with Crippen LogP contribution in [0.2, 0.25) is 0 Å². The molecule has 7 nitrogen and oxygen atoms in total. The minimum Gasteiger partial charge on any atom is -0.493 e. The molecule has 1 aliphatic heterocycles. The lowest BCUT2D eigenvalue weighted by Gasteiger charge is -2.29. The molecular formula is C23H29NO6. The van der Waals surface area contributed by atoms with Crippen LogP contribution in [0.5, 0.6) is 23.0 Å². The number of carboxylic acid groups (broad SMARTS) is 1. The van der Waals surface area contributed by atoms with Gasteiger partial charge in [0.2, 0.25) is 0 Å². The van der Waals surface area contributed by atoms with Gasteiger partial charge in [-0.2, -0.15) is 0 Å². The van der Waals surface area contributed by atoms with Crippen LogP contribution in [0.25, 0.3) is 0 Å². The van der Waals surface area contributed by atoms with Gasteiger partial charge in [0.15, 0.2) is 29.1 Å². The smallest absolute Gasteiger partial charge is 0.344 e. The van der Waals surface area contributed by atoms with E-state index in [0.717, 1.165) is 35.6 Å². The highest BCUT2D eigenvalue weighted by atomic mass is 16.5. The summed E-state index contributed by atoms with van der Waals surface area (Å²) in [5.41, 5.74) is 3.34. The Labute approximate surface area is 176 Å². The number of carboxylic acids is 1. The van der Waals surface area contributed by atoms with Crippen LogP contribution in [-0.4, -0.2) is 44.0 Å². The zero-order valence-corrected chi connectivity index (χ0v) is 17.9. The van der Waals surface area contributed by atoms with Gasteiger partial charge in [-0.3, -0.25) is 0 Å². The van der Waals surface area contributed by atoms with E-state index in [9.17, 15) is 4.79 Å². The second kappa shape index (κ2) is 9.71. The van der Waals surface area contributed by atoms with Crippen LogP contribution in [0.4, 0.5) is 0 Å². The lowest BCUT2D eigenvalue weighted by molar-refractivity contribution is -0.144. The average Bonchev–Trinajstić information content (AvgIpc) is 2.74. The van der Waals surface area contributed by atoms with Crippen LogP contribution >= 0.6 is 0 Å². The molecule has 162 valence electrons. The van der Waals surface area contributed by atoms with Crippen molar-refractivity contribution < 1.29 is 28.8 Å². The van der Waals surface area contributed by atoms with E-state index in [2.05, 4.69) is 11.4 Å². The average molecular weight is 415 g/mol. The van der Waals surface area contributed by atoms with E-state index in [0.29, 0.717) is 24.7 Å². The zero-order chi connectivity index (χ0) is 21.7. The van der Waals surface area contributed by atoms with Crippen molar-refractivity contribution in [2.24, 2.45) is 0 Å². The highest BCUT2D eigenvalue weighted by Crippen LogP contribution is 2.39. The van der Waals surface area contributed by atoms with E-state index in [1.807, 2.05) is 32.0 Å². The molecule has 0 bridgehead atoms. The molecule has 0 aliphatic carbocycles. The number of ether oxygens (including phenoxy) is 4. The molecule has 1 aliphatic rings. The number of carbonyl (C=O) groups is 1. The Morgan fingerprint density at radius 3 is 2.43 bits per heavy atom. The number of hydrogen-bond acceptors (Lipinski definition) is 6. The summed E-state index contributed by atoms with van der Waals surface area (Å²) in [7, 11) is 1.54. The lowest BCUT2D eigenvalue weighted by Crippen LogP contribution is -2.30. The molecular weight excluding hydrogens is 386 g/mol. The number of benzene rings is 2. The summed E-state index contributed by atoms with van der Waals surface area (Å²) in [6.07, 6.45) is -0.0729. The third kappa shape index (κ3) is 4.62. The van der Waals surface area contributed by atoms with Gasteiger partial charge in [-0.1, -0.05) is 6.07 Å². The van der Waals surface area contributed by atoms with Crippen LogP contribution in [0.15, 0.2) is 30.3 Å². The summed E-state index contributed by atoms with van der Waals surface area (Å²) in [5.74, 6) is 1.36. The standard InChI is InChI=1S/C23H29NO6/c1-5-28-20-11-15-9-10-24-22(17(15)13-21(20)29-6-2)16-7-8-18(19(12-16)27-4)30-14(3)23(25)26/h7-8,11-14,22,24H,5-6,9-10H2,1-4H3,(H,25,26). The molecule has 7 heteroatoms. The maximum Gasteiger partial charge on any atom is 0.344 e. The van der Waals surface area contributed by atoms with Gasteiger partial charge < -0.3 is 29.4 Å². The first-order chi connectivity index (χ1) is 14.5. The van der Waals surface area contributed by atoms with Gasteiger partial charge >= 0.3 is 5.97 Å². The molecule has 3 rings (SSSR count). The van der Waals surface area contributed by atoms with E-state index < -0.39 is 12.1 Å². The molecule has 0 saturated carbocycles. The van der Waals surface area contributed by atoms with Crippen LogP contribution in [0, 0.1) is 0 Å². The Bertz CT molecular complexity index is 898. The van der Waals surface area contributed by atoms with Crippen LogP contribution in [0.3, 0.4) is 0 Å². The highest BCUT2D eigenvalue weighted by Gasteiger charge is 2.25. The largest absolute Gasteiger partial charge is 0.493 e. The maximum absolute atomic E-state index is 11.1. The molecule has 0 saturated heterocycles. The van der Waals surface area contributed by atoms with Gasteiger partial charge in [0, 0.05) is 6.54 Å². The minimum absolute atomic E-state index is 0.0523. The Kier molecular flexibility index (Phi) is 7.05. The normalized spacial score (nSPS) is 16.3. The summed E-state index contributed by atoms with van der Waals surface area (Å²) >= 11 is 0. The van der Waals surface area contributed by atoms with Gasteiger partial charge in [-0.15, -0.1) is 0 Å². The molecule has 2 aromatic rings. The van der Waals surface area contributed by atoms with E-state index in [1.54, 1.807) is 13.2 Å². The van der Waals surface area contributed by atoms with Crippen molar-refractivity contribution in [3.63, 3.8) is 0 Å². The Hall–Kier alpha value is -2.93. The molecule has 30 heavy (non-hydrogen) atoms. The first kappa shape index (κ1) is 21.8. The number of aliphatic carboxylic acids is 1. The van der Waals surface area contributed by atoms with Crippen molar-refractivity contribution in [3.05, 3.63) is 47.0 Å². The second-order valence-corrected chi connectivity index (χ2v) is 7.01. The fourth-order valence-electron chi connectivity index (χ4n) is 3.60. The zero-order valence-electron chi connectivity index (χ0n) is 17.9. The SMILES string of the molecule is CCOc1cc2c(cc1OCC)C(c1ccc(OC(C)C(=O)O)c(OC)c1)NCC2. The molecule has 2 unspecified atom stereocenters. The molecule has 2 N–H and O–H groups in total. The van der Waals surface area contributed by atoms with Crippen molar-refractivity contribution in [2.45, 2.75) is 39.3 Å². The van der Waals surface area contributed by atoms with E-state index >= 15 is 0 Å². The molecule has 1 heterocycles. The van der Waals surface area contributed by atoms with Crippen LogP contribution < -0.4 is 24.3 Å². The molecule has 0 radical (unpaired) electrons. The fourth-order valence-corrected chi connectivity index (χ4v) is 3.60. The number of methoxy groups -OCH3 is 1. The van der Waals surface area contributed by atoms with E-state index in [1.165, 1.54) is 12.5 Å².